The van der Waals surface area contributed by atoms with Gasteiger partial charge in [-0.2, -0.15) is 10.1 Å². The summed E-state index contributed by atoms with van der Waals surface area (Å²) in [6.45, 7) is 16.9. The molecule has 2 aliphatic heterocycles. The first-order valence-corrected chi connectivity index (χ1v) is 20.6. The van der Waals surface area contributed by atoms with Gasteiger partial charge in [0, 0.05) is 45.1 Å². The van der Waals surface area contributed by atoms with Crippen molar-refractivity contribution in [2.75, 3.05) is 11.6 Å². The molecule has 49 heavy (non-hydrogen) atoms. The van der Waals surface area contributed by atoms with Gasteiger partial charge in [-0.3, -0.25) is 4.79 Å². The zero-order valence-corrected chi connectivity index (χ0v) is 31.3. The maximum atomic E-state index is 14.7. The van der Waals surface area contributed by atoms with E-state index in [2.05, 4.69) is 115 Å². The number of hydrogen-bond acceptors (Lipinski definition) is 3. The first-order valence-electron chi connectivity index (χ1n) is 17.2. The Morgan fingerprint density at radius 2 is 1.41 bits per heavy atom. The smallest absolute Gasteiger partial charge is 0.260 e. The quantitative estimate of drug-likeness (QED) is 0.103. The summed E-state index contributed by atoms with van der Waals surface area (Å²) < 4.78 is 9.97. The number of carbonyl (C=O) groups excluding carboxylic acids is 1. The fourth-order valence-corrected chi connectivity index (χ4v) is 9.88. The van der Waals surface area contributed by atoms with E-state index in [9.17, 15) is 4.79 Å². The van der Waals surface area contributed by atoms with Crippen molar-refractivity contribution in [2.45, 2.75) is 63.4 Å². The molecule has 5 nitrogen and oxygen atoms in total. The first-order chi connectivity index (χ1) is 23.1. The molecule has 2 heterocycles. The second-order valence-electron chi connectivity index (χ2n) is 14.5. The molecule has 7 heteroatoms. The Morgan fingerprint density at radius 3 is 1.96 bits per heavy atom. The van der Waals surface area contributed by atoms with E-state index in [0.29, 0.717) is 6.42 Å². The van der Waals surface area contributed by atoms with Crippen LogP contribution in [0.25, 0.3) is 0 Å². The van der Waals surface area contributed by atoms with Gasteiger partial charge in [-0.05, 0) is 61.8 Å². The van der Waals surface area contributed by atoms with Gasteiger partial charge in [0.25, 0.3) is 5.91 Å². The molecule has 4 aromatic carbocycles. The molecule has 254 valence electrons. The summed E-state index contributed by atoms with van der Waals surface area (Å²) in [5.41, 5.74) is 4.28. The van der Waals surface area contributed by atoms with Crippen LogP contribution in [0.1, 0.15) is 48.8 Å². The molecule has 1 saturated heterocycles. The summed E-state index contributed by atoms with van der Waals surface area (Å²) >= 11 is 0. The van der Waals surface area contributed by atoms with Crippen molar-refractivity contribution in [3.05, 3.63) is 150 Å². The van der Waals surface area contributed by atoms with Crippen LogP contribution in [0.2, 0.25) is 19.6 Å². The monoisotopic (exact) mass is 757 g/mol. The van der Waals surface area contributed by atoms with Gasteiger partial charge in [0.05, 0.1) is 16.8 Å². The fraction of sp³-hybridized carbons (Fsp3) is 0.310. The standard InChI is InChI=1S/C42H45N3O2Si.Pd/c1-31-29-41(32(2)43-45(40(41)46)36-25-16-9-17-26-36)39(33-19-10-6-11-20-33)37(31)30-44-28-18-27-38(44)42(47-48(3,4)5,34-21-12-7-13-22-34)35-23-14-8-15-24-35;/h1,6-17,19-26,30,37-39H,18,27-29H2,2-5H3;/t37?,38-,39?,41?;/m0./s1. The minimum atomic E-state index is -2.10. The second-order valence-corrected chi connectivity index (χ2v) is 18.9. The Balaban J connectivity index is 0.00000417. The Morgan fingerprint density at radius 1 is 0.878 bits per heavy atom. The average molecular weight is 758 g/mol. The molecule has 0 N–H and O–H groups in total. The topological polar surface area (TPSA) is 44.9 Å². The van der Waals surface area contributed by atoms with Crippen molar-refractivity contribution < 1.29 is 34.2 Å². The number of rotatable bonds is 8. The van der Waals surface area contributed by atoms with E-state index in [4.69, 9.17) is 16.1 Å². The Labute approximate surface area is 306 Å². The van der Waals surface area contributed by atoms with Gasteiger partial charge < -0.3 is 11.0 Å². The normalized spacial score (nSPS) is 24.8. The summed E-state index contributed by atoms with van der Waals surface area (Å²) in [4.78, 5) is 14.7. The summed E-state index contributed by atoms with van der Waals surface area (Å²) in [5.74, 6) is -0.388. The molecule has 1 saturated carbocycles. The van der Waals surface area contributed by atoms with E-state index in [1.807, 2.05) is 43.3 Å². The first kappa shape index (κ1) is 35.1. The number of anilines is 1. The van der Waals surface area contributed by atoms with Gasteiger partial charge in [0.1, 0.15) is 12.8 Å². The average Bonchev–Trinajstić information content (AvgIpc) is 3.76. The van der Waals surface area contributed by atoms with Gasteiger partial charge in [-0.1, -0.05) is 109 Å². The third-order valence-corrected chi connectivity index (χ3v) is 11.4. The molecular weight excluding hydrogens is 713 g/mol. The molecule has 4 atom stereocenters. The summed E-state index contributed by atoms with van der Waals surface area (Å²) in [7, 11) is -2.10. The van der Waals surface area contributed by atoms with Crippen LogP contribution in [0.5, 0.6) is 0 Å². The zero-order chi connectivity index (χ0) is 33.5. The number of para-hydroxylation sites is 1. The maximum absolute atomic E-state index is 14.7. The van der Waals surface area contributed by atoms with Crippen LogP contribution in [0, 0.1) is 17.9 Å². The van der Waals surface area contributed by atoms with Crippen LogP contribution in [0.3, 0.4) is 0 Å². The number of benzene rings is 4. The van der Waals surface area contributed by atoms with Crippen molar-refractivity contribution >= 4 is 31.8 Å². The number of allylic oxidation sites excluding steroid dienone is 1. The molecule has 7 rings (SSSR count). The second kappa shape index (κ2) is 13.9. The summed E-state index contributed by atoms with van der Waals surface area (Å²) in [6, 6.07) is 41.7. The van der Waals surface area contributed by atoms with E-state index < -0.39 is 19.3 Å². The van der Waals surface area contributed by atoms with Crippen molar-refractivity contribution in [1.82, 2.24) is 0 Å². The van der Waals surface area contributed by atoms with Crippen molar-refractivity contribution in [1.29, 1.82) is 0 Å². The van der Waals surface area contributed by atoms with E-state index in [1.54, 1.807) is 5.01 Å². The molecule has 1 spiro atoms. The van der Waals surface area contributed by atoms with Crippen LogP contribution in [-0.4, -0.2) is 43.3 Å². The van der Waals surface area contributed by atoms with E-state index >= 15 is 0 Å². The van der Waals surface area contributed by atoms with Crippen molar-refractivity contribution in [3.63, 3.8) is 0 Å². The molecule has 4 aromatic rings. The Bertz CT molecular complexity index is 1820. The molecule has 1 aliphatic carbocycles. The fourth-order valence-electron chi connectivity index (χ4n) is 8.54. The third kappa shape index (κ3) is 6.16. The minimum absolute atomic E-state index is 0. The largest absolute Gasteiger partial charge is 0.514 e. The van der Waals surface area contributed by atoms with Crippen LogP contribution in [-0.2, 0) is 35.2 Å². The molecule has 3 unspecified atom stereocenters. The Hall–Kier alpha value is -3.73. The molecule has 3 aliphatic rings. The van der Waals surface area contributed by atoms with Crippen LogP contribution in [0.4, 0.5) is 5.69 Å². The number of carbonyl (C=O) groups is 1. The number of amides is 1. The van der Waals surface area contributed by atoms with E-state index in [1.165, 1.54) is 0 Å². The zero-order valence-electron chi connectivity index (χ0n) is 28.7. The third-order valence-electron chi connectivity index (χ3n) is 10.4. The van der Waals surface area contributed by atoms with Gasteiger partial charge in [0.2, 0.25) is 0 Å². The summed E-state index contributed by atoms with van der Waals surface area (Å²) in [6.07, 6.45) is 4.82. The van der Waals surface area contributed by atoms with E-state index in [-0.39, 0.29) is 44.2 Å². The molecule has 0 radical (unpaired) electrons. The van der Waals surface area contributed by atoms with Crippen LogP contribution < -0.4 is 5.01 Å². The minimum Gasteiger partial charge on any atom is -0.514 e. The molecule has 2 fully saturated rings. The predicted molar refractivity (Wildman–Crippen MR) is 197 cm³/mol. The van der Waals surface area contributed by atoms with Crippen LogP contribution in [0.15, 0.2) is 132 Å². The van der Waals surface area contributed by atoms with Crippen LogP contribution >= 0.6 is 0 Å². The van der Waals surface area contributed by atoms with Crippen molar-refractivity contribution in [3.8, 4) is 0 Å². The number of hydrazone groups is 1. The van der Waals surface area contributed by atoms with Gasteiger partial charge >= 0.3 is 0 Å². The van der Waals surface area contributed by atoms with Gasteiger partial charge in [-0.15, -0.1) is 0 Å². The molecule has 0 bridgehead atoms. The van der Waals surface area contributed by atoms with Gasteiger partial charge in [-0.25, -0.2) is 10.1 Å². The molecule has 0 aromatic heterocycles. The maximum Gasteiger partial charge on any atom is 0.260 e. The summed E-state index contributed by atoms with van der Waals surface area (Å²) in [5, 5.41) is 6.51. The van der Waals surface area contributed by atoms with Gasteiger partial charge in [0.15, 0.2) is 20.0 Å². The number of hydrogen-bond donors (Lipinski definition) is 0. The molecule has 1 amide bonds. The predicted octanol–water partition coefficient (Wildman–Crippen LogP) is 8.60. The van der Waals surface area contributed by atoms with Crippen molar-refractivity contribution in [2.24, 2.45) is 16.4 Å². The number of nitrogens with zero attached hydrogens (tertiary/aromatic N) is 3. The SMILES string of the molecule is [CH-]=C1CC2(C(=O)N(c3ccccc3)N=C2C)C(c2ccccc2)C1C=[N+]1CCC[C@H]1C(O[Si](C)(C)C)(c1ccccc1)c1ccccc1.[Pd]. The molecular formula is C42H45N3O2PdSi. The Kier molecular flexibility index (Phi) is 9.95. The van der Waals surface area contributed by atoms with E-state index in [0.717, 1.165) is 53.0 Å².